The number of anilines is 2. The van der Waals surface area contributed by atoms with E-state index in [0.717, 1.165) is 17.0 Å². The van der Waals surface area contributed by atoms with Crippen LogP contribution in [0.1, 0.15) is 19.4 Å². The predicted molar refractivity (Wildman–Crippen MR) is 77.6 cm³/mol. The maximum Gasteiger partial charge on any atom is 0.173 e. The fraction of sp³-hybridized carbons (Fsp3) is 0.267. The van der Waals surface area contributed by atoms with Crippen LogP contribution in [-0.4, -0.2) is 11.1 Å². The van der Waals surface area contributed by atoms with Gasteiger partial charge in [0.1, 0.15) is 0 Å². The van der Waals surface area contributed by atoms with Crippen LogP contribution in [0, 0.1) is 0 Å². The van der Waals surface area contributed by atoms with Gasteiger partial charge in [-0.2, -0.15) is 0 Å². The molecular formula is C15H19N3O. The van der Waals surface area contributed by atoms with E-state index in [-0.39, 0.29) is 6.10 Å². The molecule has 19 heavy (non-hydrogen) atoms. The first-order valence-corrected chi connectivity index (χ1v) is 6.36. The molecule has 1 heterocycles. The molecule has 0 bridgehead atoms. The zero-order chi connectivity index (χ0) is 13.7. The fourth-order valence-corrected chi connectivity index (χ4v) is 1.75. The number of hydrogen-bond acceptors (Lipinski definition) is 4. The highest BCUT2D eigenvalue weighted by atomic mass is 16.5. The maximum absolute atomic E-state index is 5.72. The van der Waals surface area contributed by atoms with Crippen molar-refractivity contribution in [2.75, 3.05) is 5.32 Å². The number of nitrogens with two attached hydrogens (primary N) is 1. The molecule has 0 unspecified atom stereocenters. The third-order valence-corrected chi connectivity index (χ3v) is 2.56. The van der Waals surface area contributed by atoms with Gasteiger partial charge in [-0.25, -0.2) is 4.98 Å². The van der Waals surface area contributed by atoms with Gasteiger partial charge in [0.25, 0.3) is 0 Å². The van der Waals surface area contributed by atoms with E-state index >= 15 is 0 Å². The molecule has 0 saturated heterocycles. The molecule has 1 aromatic heterocycles. The van der Waals surface area contributed by atoms with Crippen molar-refractivity contribution in [2.24, 2.45) is 5.73 Å². The minimum atomic E-state index is 0.111. The van der Waals surface area contributed by atoms with Gasteiger partial charge in [-0.3, -0.25) is 0 Å². The fourth-order valence-electron chi connectivity index (χ4n) is 1.75. The molecule has 0 fully saturated rings. The van der Waals surface area contributed by atoms with E-state index in [2.05, 4.69) is 10.3 Å². The summed E-state index contributed by atoms with van der Waals surface area (Å²) in [5.41, 5.74) is 7.67. The zero-order valence-electron chi connectivity index (χ0n) is 11.3. The van der Waals surface area contributed by atoms with Crippen molar-refractivity contribution in [2.45, 2.75) is 26.5 Å². The first-order chi connectivity index (χ1) is 9.19. The molecule has 1 aromatic carbocycles. The van der Waals surface area contributed by atoms with Gasteiger partial charge in [0.15, 0.2) is 11.6 Å². The van der Waals surface area contributed by atoms with Gasteiger partial charge in [-0.15, -0.1) is 0 Å². The summed E-state index contributed by atoms with van der Waals surface area (Å²) in [7, 11) is 0. The molecule has 2 rings (SSSR count). The molecule has 0 atom stereocenters. The van der Waals surface area contributed by atoms with E-state index < -0.39 is 0 Å². The SMILES string of the molecule is CC(C)Oc1cccnc1Nc1cccc(CN)c1. The molecule has 0 aliphatic rings. The van der Waals surface area contributed by atoms with Crippen molar-refractivity contribution in [3.05, 3.63) is 48.2 Å². The standard InChI is InChI=1S/C15H19N3O/c1-11(2)19-14-7-4-8-17-15(14)18-13-6-3-5-12(9-13)10-16/h3-9,11H,10,16H2,1-2H3,(H,17,18). The number of pyridine rings is 1. The first kappa shape index (κ1) is 13.4. The number of benzene rings is 1. The van der Waals surface area contributed by atoms with Crippen molar-refractivity contribution >= 4 is 11.5 Å². The second kappa shape index (κ2) is 6.20. The van der Waals surface area contributed by atoms with Crippen LogP contribution in [0.4, 0.5) is 11.5 Å². The summed E-state index contributed by atoms with van der Waals surface area (Å²) < 4.78 is 5.72. The third-order valence-electron chi connectivity index (χ3n) is 2.56. The van der Waals surface area contributed by atoms with Crippen LogP contribution in [0.3, 0.4) is 0 Å². The van der Waals surface area contributed by atoms with Crippen LogP contribution in [-0.2, 0) is 6.54 Å². The number of nitrogens with one attached hydrogen (secondary N) is 1. The molecule has 4 nitrogen and oxygen atoms in total. The Balaban J connectivity index is 2.22. The number of hydrogen-bond donors (Lipinski definition) is 2. The lowest BCUT2D eigenvalue weighted by Gasteiger charge is -2.14. The molecule has 2 aromatic rings. The second-order valence-corrected chi connectivity index (χ2v) is 4.55. The summed E-state index contributed by atoms with van der Waals surface area (Å²) in [5.74, 6) is 1.46. The van der Waals surface area contributed by atoms with Crippen molar-refractivity contribution in [1.29, 1.82) is 0 Å². The van der Waals surface area contributed by atoms with Gasteiger partial charge in [0.2, 0.25) is 0 Å². The second-order valence-electron chi connectivity index (χ2n) is 4.55. The Morgan fingerprint density at radius 3 is 2.84 bits per heavy atom. The molecule has 0 spiro atoms. The lowest BCUT2D eigenvalue weighted by Crippen LogP contribution is -2.08. The zero-order valence-corrected chi connectivity index (χ0v) is 11.3. The Hall–Kier alpha value is -2.07. The average Bonchev–Trinajstić information content (AvgIpc) is 2.41. The number of aromatic nitrogens is 1. The van der Waals surface area contributed by atoms with E-state index in [4.69, 9.17) is 10.5 Å². The van der Waals surface area contributed by atoms with E-state index in [0.29, 0.717) is 12.4 Å². The molecule has 0 aliphatic carbocycles. The molecule has 4 heteroatoms. The van der Waals surface area contributed by atoms with E-state index in [1.54, 1.807) is 6.20 Å². The van der Waals surface area contributed by atoms with Gasteiger partial charge < -0.3 is 15.8 Å². The molecule has 0 radical (unpaired) electrons. The molecule has 3 N–H and O–H groups in total. The summed E-state index contributed by atoms with van der Waals surface area (Å²) in [6.07, 6.45) is 1.85. The third kappa shape index (κ3) is 3.69. The van der Waals surface area contributed by atoms with Crippen LogP contribution in [0.2, 0.25) is 0 Å². The molecular weight excluding hydrogens is 238 g/mol. The Kier molecular flexibility index (Phi) is 4.36. The van der Waals surface area contributed by atoms with Gasteiger partial charge >= 0.3 is 0 Å². The normalized spacial score (nSPS) is 10.5. The highest BCUT2D eigenvalue weighted by Crippen LogP contribution is 2.26. The topological polar surface area (TPSA) is 60.2 Å². The van der Waals surface area contributed by atoms with Gasteiger partial charge in [-0.1, -0.05) is 12.1 Å². The lowest BCUT2D eigenvalue weighted by atomic mass is 10.2. The molecule has 0 amide bonds. The van der Waals surface area contributed by atoms with Crippen LogP contribution < -0.4 is 15.8 Å². The smallest absolute Gasteiger partial charge is 0.173 e. The summed E-state index contributed by atoms with van der Waals surface area (Å²) >= 11 is 0. The summed E-state index contributed by atoms with van der Waals surface area (Å²) in [6.45, 7) is 4.50. The van der Waals surface area contributed by atoms with Crippen LogP contribution in [0.25, 0.3) is 0 Å². The van der Waals surface area contributed by atoms with Crippen molar-refractivity contribution in [3.63, 3.8) is 0 Å². The number of nitrogens with zero attached hydrogens (tertiary/aromatic N) is 1. The number of ether oxygens (including phenoxy) is 1. The Morgan fingerprint density at radius 1 is 1.26 bits per heavy atom. The summed E-state index contributed by atoms with van der Waals surface area (Å²) in [6, 6.07) is 11.7. The monoisotopic (exact) mass is 257 g/mol. The summed E-state index contributed by atoms with van der Waals surface area (Å²) in [5, 5.41) is 3.26. The number of rotatable bonds is 5. The quantitative estimate of drug-likeness (QED) is 0.864. The maximum atomic E-state index is 5.72. The van der Waals surface area contributed by atoms with Gasteiger partial charge in [0.05, 0.1) is 6.10 Å². The Bertz CT molecular complexity index is 540. The van der Waals surface area contributed by atoms with Crippen molar-refractivity contribution < 1.29 is 4.74 Å². The van der Waals surface area contributed by atoms with E-state index in [1.807, 2.05) is 50.2 Å². The first-order valence-electron chi connectivity index (χ1n) is 6.36. The van der Waals surface area contributed by atoms with Gasteiger partial charge in [0, 0.05) is 18.4 Å². The largest absolute Gasteiger partial charge is 0.487 e. The molecule has 0 aliphatic heterocycles. The van der Waals surface area contributed by atoms with Crippen molar-refractivity contribution in [1.82, 2.24) is 4.98 Å². The highest BCUT2D eigenvalue weighted by Gasteiger charge is 2.06. The van der Waals surface area contributed by atoms with Crippen LogP contribution in [0.5, 0.6) is 5.75 Å². The Morgan fingerprint density at radius 2 is 2.11 bits per heavy atom. The van der Waals surface area contributed by atoms with E-state index in [9.17, 15) is 0 Å². The Labute approximate surface area is 113 Å². The highest BCUT2D eigenvalue weighted by molar-refractivity contribution is 5.62. The van der Waals surface area contributed by atoms with Crippen LogP contribution in [0.15, 0.2) is 42.6 Å². The van der Waals surface area contributed by atoms with Gasteiger partial charge in [-0.05, 0) is 43.7 Å². The molecule has 100 valence electrons. The minimum Gasteiger partial charge on any atom is -0.487 e. The predicted octanol–water partition coefficient (Wildman–Crippen LogP) is 3.07. The van der Waals surface area contributed by atoms with Crippen molar-refractivity contribution in [3.8, 4) is 5.75 Å². The summed E-state index contributed by atoms with van der Waals surface area (Å²) in [4.78, 5) is 4.32. The van der Waals surface area contributed by atoms with E-state index in [1.165, 1.54) is 0 Å². The van der Waals surface area contributed by atoms with Crippen LogP contribution >= 0.6 is 0 Å². The average molecular weight is 257 g/mol. The lowest BCUT2D eigenvalue weighted by molar-refractivity contribution is 0.243. The molecule has 0 saturated carbocycles. The minimum absolute atomic E-state index is 0.111.